The number of benzene rings is 1. The summed E-state index contributed by atoms with van der Waals surface area (Å²) in [6, 6.07) is 10.6. The summed E-state index contributed by atoms with van der Waals surface area (Å²) >= 11 is 0. The number of nitrogens with one attached hydrogen (secondary N) is 1. The van der Waals surface area contributed by atoms with Crippen LogP contribution in [0.3, 0.4) is 0 Å². The lowest BCUT2D eigenvalue weighted by Gasteiger charge is -2.46. The molecule has 0 saturated heterocycles. The predicted molar refractivity (Wildman–Crippen MR) is 85.4 cm³/mol. The van der Waals surface area contributed by atoms with Crippen LogP contribution in [0.5, 0.6) is 0 Å². The predicted octanol–water partition coefficient (Wildman–Crippen LogP) is 3.16. The molecule has 1 aromatic rings. The molecular formula is C17H24BNO2. The SMILES string of the molecule is [B]C(CCCC)(C(=O)O)C1CC(NCc2ccccc2)C1. The highest BCUT2D eigenvalue weighted by Gasteiger charge is 2.46. The Labute approximate surface area is 128 Å². The van der Waals surface area contributed by atoms with Crippen LogP contribution >= 0.6 is 0 Å². The van der Waals surface area contributed by atoms with E-state index in [4.69, 9.17) is 7.85 Å². The van der Waals surface area contributed by atoms with Crippen molar-refractivity contribution in [3.8, 4) is 0 Å². The Morgan fingerprint density at radius 3 is 2.62 bits per heavy atom. The minimum Gasteiger partial charge on any atom is -0.481 e. The molecule has 3 nitrogen and oxygen atoms in total. The summed E-state index contributed by atoms with van der Waals surface area (Å²) in [5.41, 5.74) is 1.25. The molecule has 0 amide bonds. The third-order valence-electron chi connectivity index (χ3n) is 4.65. The van der Waals surface area contributed by atoms with Gasteiger partial charge < -0.3 is 10.4 Å². The van der Waals surface area contributed by atoms with E-state index in [2.05, 4.69) is 24.4 Å². The number of carboxylic acids is 1. The van der Waals surface area contributed by atoms with E-state index in [1.165, 1.54) is 5.56 Å². The highest BCUT2D eigenvalue weighted by atomic mass is 16.4. The summed E-state index contributed by atoms with van der Waals surface area (Å²) in [4.78, 5) is 11.5. The van der Waals surface area contributed by atoms with Crippen molar-refractivity contribution in [3.05, 3.63) is 35.9 Å². The molecule has 1 fully saturated rings. The maximum absolute atomic E-state index is 11.5. The Morgan fingerprint density at radius 1 is 1.38 bits per heavy atom. The van der Waals surface area contributed by atoms with Crippen LogP contribution in [-0.4, -0.2) is 25.0 Å². The van der Waals surface area contributed by atoms with Crippen molar-refractivity contribution in [2.75, 3.05) is 0 Å². The lowest BCUT2D eigenvalue weighted by atomic mass is 9.51. The average molecular weight is 285 g/mol. The van der Waals surface area contributed by atoms with E-state index in [-0.39, 0.29) is 5.92 Å². The Morgan fingerprint density at radius 2 is 2.05 bits per heavy atom. The molecule has 2 radical (unpaired) electrons. The van der Waals surface area contributed by atoms with Gasteiger partial charge in [0.2, 0.25) is 0 Å². The van der Waals surface area contributed by atoms with Gasteiger partial charge in [-0.25, -0.2) is 0 Å². The van der Waals surface area contributed by atoms with E-state index in [1.54, 1.807) is 0 Å². The van der Waals surface area contributed by atoms with Gasteiger partial charge >= 0.3 is 5.97 Å². The highest BCUT2D eigenvalue weighted by molar-refractivity contribution is 6.27. The first-order valence-electron chi connectivity index (χ1n) is 7.86. The van der Waals surface area contributed by atoms with Gasteiger partial charge in [0.25, 0.3) is 0 Å². The van der Waals surface area contributed by atoms with Crippen molar-refractivity contribution in [3.63, 3.8) is 0 Å². The molecular weight excluding hydrogens is 261 g/mol. The molecule has 4 heteroatoms. The van der Waals surface area contributed by atoms with Crippen molar-refractivity contribution >= 4 is 13.8 Å². The topological polar surface area (TPSA) is 49.3 Å². The molecule has 1 aliphatic carbocycles. The molecule has 1 aliphatic rings. The number of carbonyl (C=O) groups is 1. The second-order valence-electron chi connectivity index (χ2n) is 6.18. The summed E-state index contributed by atoms with van der Waals surface area (Å²) in [6.45, 7) is 2.89. The van der Waals surface area contributed by atoms with Crippen molar-refractivity contribution in [2.24, 2.45) is 5.92 Å². The van der Waals surface area contributed by atoms with E-state index >= 15 is 0 Å². The fraction of sp³-hybridized carbons (Fsp3) is 0.588. The molecule has 0 spiro atoms. The number of hydrogen-bond donors (Lipinski definition) is 2. The van der Waals surface area contributed by atoms with Crippen LogP contribution in [0.15, 0.2) is 30.3 Å². The van der Waals surface area contributed by atoms with Crippen LogP contribution in [0.4, 0.5) is 0 Å². The molecule has 21 heavy (non-hydrogen) atoms. The molecule has 1 atom stereocenters. The summed E-state index contributed by atoms with van der Waals surface area (Å²) in [5, 5.41) is 11.9. The Kier molecular flexibility index (Phi) is 5.46. The van der Waals surface area contributed by atoms with Gasteiger partial charge in [-0.2, -0.15) is 0 Å². The zero-order chi connectivity index (χ0) is 15.3. The smallest absolute Gasteiger partial charge is 0.300 e. The quantitative estimate of drug-likeness (QED) is 0.721. The van der Waals surface area contributed by atoms with Crippen molar-refractivity contribution in [1.29, 1.82) is 0 Å². The van der Waals surface area contributed by atoms with E-state index < -0.39 is 11.3 Å². The standard InChI is InChI=1S/C17H24BNO2/c1-2-3-9-17(18,16(20)21)14-10-15(11-14)19-12-13-7-5-4-6-8-13/h4-8,14-15,19H,2-3,9-12H2,1H3,(H,20,21). The zero-order valence-electron chi connectivity index (χ0n) is 12.7. The molecule has 1 aromatic carbocycles. The van der Waals surface area contributed by atoms with Gasteiger partial charge in [0.1, 0.15) is 0 Å². The highest BCUT2D eigenvalue weighted by Crippen LogP contribution is 2.48. The summed E-state index contributed by atoms with van der Waals surface area (Å²) < 4.78 is 0. The van der Waals surface area contributed by atoms with Gasteiger partial charge in [0.05, 0.1) is 7.85 Å². The van der Waals surface area contributed by atoms with E-state index in [1.807, 2.05) is 18.2 Å². The van der Waals surface area contributed by atoms with Crippen LogP contribution in [0.1, 0.15) is 44.6 Å². The lowest BCUT2D eigenvalue weighted by molar-refractivity contribution is -0.144. The summed E-state index contributed by atoms with van der Waals surface area (Å²) in [7, 11) is 6.17. The fourth-order valence-electron chi connectivity index (χ4n) is 3.02. The van der Waals surface area contributed by atoms with Gasteiger partial charge in [-0.1, -0.05) is 50.1 Å². The first kappa shape index (κ1) is 16.1. The molecule has 0 aliphatic heterocycles. The first-order chi connectivity index (χ1) is 10.1. The van der Waals surface area contributed by atoms with Crippen LogP contribution in [-0.2, 0) is 11.3 Å². The van der Waals surface area contributed by atoms with E-state index in [0.29, 0.717) is 12.5 Å². The summed E-state index contributed by atoms with van der Waals surface area (Å²) in [6.07, 6.45) is 4.16. The monoisotopic (exact) mass is 285 g/mol. The molecule has 1 saturated carbocycles. The Bertz CT molecular complexity index is 459. The van der Waals surface area contributed by atoms with Crippen LogP contribution in [0.25, 0.3) is 0 Å². The van der Waals surface area contributed by atoms with E-state index in [9.17, 15) is 9.90 Å². The second-order valence-corrected chi connectivity index (χ2v) is 6.18. The lowest BCUT2D eigenvalue weighted by Crippen LogP contribution is -2.48. The molecule has 112 valence electrons. The summed E-state index contributed by atoms with van der Waals surface area (Å²) in [5.74, 6) is -0.753. The molecule has 2 N–H and O–H groups in total. The third kappa shape index (κ3) is 3.88. The molecule has 2 rings (SSSR count). The van der Waals surface area contributed by atoms with Crippen molar-refractivity contribution in [1.82, 2.24) is 5.32 Å². The third-order valence-corrected chi connectivity index (χ3v) is 4.65. The number of unbranched alkanes of at least 4 members (excludes halogenated alkanes) is 1. The van der Waals surface area contributed by atoms with Crippen LogP contribution in [0.2, 0.25) is 5.31 Å². The van der Waals surface area contributed by atoms with Crippen LogP contribution < -0.4 is 5.32 Å². The van der Waals surface area contributed by atoms with Gasteiger partial charge in [-0.3, -0.25) is 4.79 Å². The molecule has 1 unspecified atom stereocenters. The number of rotatable bonds is 8. The largest absolute Gasteiger partial charge is 0.481 e. The van der Waals surface area contributed by atoms with Crippen molar-refractivity contribution < 1.29 is 9.90 Å². The Balaban J connectivity index is 1.80. The minimum absolute atomic E-state index is 0.0924. The maximum atomic E-state index is 11.5. The zero-order valence-corrected chi connectivity index (χ0v) is 12.7. The normalized spacial score (nSPS) is 24.0. The van der Waals surface area contributed by atoms with Gasteiger partial charge in [-0.15, -0.1) is 0 Å². The maximum Gasteiger partial charge on any atom is 0.300 e. The minimum atomic E-state index is -1.04. The van der Waals surface area contributed by atoms with E-state index in [0.717, 1.165) is 32.2 Å². The van der Waals surface area contributed by atoms with Crippen LogP contribution in [0, 0.1) is 5.92 Å². The first-order valence-corrected chi connectivity index (χ1v) is 7.86. The van der Waals surface area contributed by atoms with Gasteiger partial charge in [0, 0.05) is 17.9 Å². The average Bonchev–Trinajstić information content (AvgIpc) is 2.44. The molecule has 0 heterocycles. The second kappa shape index (κ2) is 7.12. The molecule has 0 bridgehead atoms. The fourth-order valence-corrected chi connectivity index (χ4v) is 3.02. The number of hydrogen-bond acceptors (Lipinski definition) is 2. The molecule has 0 aromatic heterocycles. The Hall–Kier alpha value is -1.29. The van der Waals surface area contributed by atoms with Gasteiger partial charge in [-0.05, 0) is 30.7 Å². The number of aliphatic carboxylic acids is 1. The van der Waals surface area contributed by atoms with Crippen molar-refractivity contribution in [2.45, 2.75) is 56.9 Å². The van der Waals surface area contributed by atoms with Gasteiger partial charge in [0.15, 0.2) is 0 Å². The number of carboxylic acid groups (broad SMARTS) is 1.